The van der Waals surface area contributed by atoms with Gasteiger partial charge in [-0.1, -0.05) is 6.92 Å². The van der Waals surface area contributed by atoms with Crippen LogP contribution >= 0.6 is 0 Å². The minimum absolute atomic E-state index is 0.153. The highest BCUT2D eigenvalue weighted by atomic mass is 16.5. The third-order valence-corrected chi connectivity index (χ3v) is 4.83. The van der Waals surface area contributed by atoms with Gasteiger partial charge in [0.15, 0.2) is 0 Å². The summed E-state index contributed by atoms with van der Waals surface area (Å²) in [6.07, 6.45) is 9.14. The fourth-order valence-electron chi connectivity index (χ4n) is 3.45. The monoisotopic (exact) mass is 343 g/mol. The molecule has 6 nitrogen and oxygen atoms in total. The first kappa shape index (κ1) is 17.2. The molecule has 2 aliphatic heterocycles. The van der Waals surface area contributed by atoms with Crippen LogP contribution < -0.4 is 15.4 Å². The van der Waals surface area contributed by atoms with Gasteiger partial charge in [-0.05, 0) is 43.0 Å². The highest BCUT2D eigenvalue weighted by Crippen LogP contribution is 2.34. The van der Waals surface area contributed by atoms with Gasteiger partial charge in [0.25, 0.3) is 0 Å². The lowest BCUT2D eigenvalue weighted by Crippen LogP contribution is -2.45. The third kappa shape index (κ3) is 3.57. The van der Waals surface area contributed by atoms with E-state index >= 15 is 0 Å². The lowest BCUT2D eigenvalue weighted by molar-refractivity contribution is 0.134. The molecule has 0 aliphatic carbocycles. The summed E-state index contributed by atoms with van der Waals surface area (Å²) in [7, 11) is 1.64. The second-order valence-corrected chi connectivity index (χ2v) is 6.26. The van der Waals surface area contributed by atoms with Crippen LogP contribution in [0.25, 0.3) is 0 Å². The molecule has 2 heterocycles. The van der Waals surface area contributed by atoms with Gasteiger partial charge in [-0.15, -0.1) is 0 Å². The quantitative estimate of drug-likeness (QED) is 0.850. The number of carbonyl (C=O) groups is 1. The normalized spacial score (nSPS) is 18.2. The maximum Gasteiger partial charge on any atom is 0.418 e. The molecule has 1 saturated heterocycles. The number of carbonyl (C=O) groups excluding carboxylic acids is 1. The number of aryl methyl sites for hydroxylation is 1. The zero-order valence-corrected chi connectivity index (χ0v) is 14.8. The molecule has 0 radical (unpaired) electrons. The Hall–Kier alpha value is -2.63. The van der Waals surface area contributed by atoms with E-state index in [1.54, 1.807) is 24.3 Å². The van der Waals surface area contributed by atoms with Gasteiger partial charge in [0.05, 0.1) is 19.1 Å². The molecule has 0 spiro atoms. The molecule has 25 heavy (non-hydrogen) atoms. The summed E-state index contributed by atoms with van der Waals surface area (Å²) in [6, 6.07) is 4.18. The molecule has 6 heteroatoms. The Bertz CT molecular complexity index is 691. The van der Waals surface area contributed by atoms with E-state index in [4.69, 9.17) is 15.2 Å². The van der Waals surface area contributed by atoms with Crippen molar-refractivity contribution in [2.45, 2.75) is 32.2 Å². The molecule has 3 rings (SSSR count). The van der Waals surface area contributed by atoms with Gasteiger partial charge in [-0.2, -0.15) is 0 Å². The number of benzene rings is 1. The van der Waals surface area contributed by atoms with Crippen molar-refractivity contribution >= 4 is 17.5 Å². The average Bonchev–Trinajstić information content (AvgIpc) is 2.86. The van der Waals surface area contributed by atoms with Crippen molar-refractivity contribution in [3.05, 3.63) is 42.3 Å². The number of nitrogens with two attached hydrogens (primary N) is 1. The summed E-state index contributed by atoms with van der Waals surface area (Å²) >= 11 is 0. The summed E-state index contributed by atoms with van der Waals surface area (Å²) in [5.41, 5.74) is 9.10. The van der Waals surface area contributed by atoms with Gasteiger partial charge in [0.2, 0.25) is 0 Å². The van der Waals surface area contributed by atoms with Crippen molar-refractivity contribution < 1.29 is 14.3 Å². The van der Waals surface area contributed by atoms with Gasteiger partial charge in [0, 0.05) is 37.1 Å². The number of allylic oxidation sites excluding steroid dienone is 2. The summed E-state index contributed by atoms with van der Waals surface area (Å²) in [5, 5.41) is 0. The molecule has 1 aromatic rings. The smallest absolute Gasteiger partial charge is 0.418 e. The van der Waals surface area contributed by atoms with E-state index in [-0.39, 0.29) is 12.1 Å². The molecular weight excluding hydrogens is 318 g/mol. The predicted molar refractivity (Wildman–Crippen MR) is 98.6 cm³/mol. The summed E-state index contributed by atoms with van der Waals surface area (Å²) in [6.45, 7) is 3.87. The van der Waals surface area contributed by atoms with Crippen molar-refractivity contribution in [1.82, 2.24) is 4.90 Å². The predicted octanol–water partition coefficient (Wildman–Crippen LogP) is 3.29. The van der Waals surface area contributed by atoms with Gasteiger partial charge in [-0.3, -0.25) is 4.90 Å². The number of amides is 1. The second kappa shape index (κ2) is 7.51. The second-order valence-electron chi connectivity index (χ2n) is 6.26. The van der Waals surface area contributed by atoms with Crippen LogP contribution in [0, 0.1) is 0 Å². The van der Waals surface area contributed by atoms with Crippen LogP contribution in [0.2, 0.25) is 0 Å². The van der Waals surface area contributed by atoms with Crippen molar-refractivity contribution in [1.29, 1.82) is 0 Å². The van der Waals surface area contributed by atoms with Crippen LogP contribution in [-0.2, 0) is 11.2 Å². The molecule has 2 N–H and O–H groups in total. The summed E-state index contributed by atoms with van der Waals surface area (Å²) in [4.78, 5) is 16.1. The van der Waals surface area contributed by atoms with Gasteiger partial charge >= 0.3 is 6.09 Å². The van der Waals surface area contributed by atoms with Crippen molar-refractivity contribution in [3.63, 3.8) is 0 Å². The number of nitrogens with zero attached hydrogens (tertiary/aromatic N) is 2. The topological polar surface area (TPSA) is 68.0 Å². The SMILES string of the molecule is CCc1cc(N)c(OC)cc1N1CCC(N2C=CC=COC2=O)CC1. The Morgan fingerprint density at radius 3 is 2.72 bits per heavy atom. The maximum atomic E-state index is 12.0. The minimum atomic E-state index is -0.313. The van der Waals surface area contributed by atoms with E-state index in [1.165, 1.54) is 17.5 Å². The minimum Gasteiger partial charge on any atom is -0.495 e. The molecule has 1 fully saturated rings. The molecule has 1 amide bonds. The number of piperidine rings is 1. The number of cyclic esters (lactones) is 1. The van der Waals surface area contributed by atoms with Crippen LogP contribution in [0.4, 0.5) is 16.2 Å². The summed E-state index contributed by atoms with van der Waals surface area (Å²) in [5.74, 6) is 0.708. The zero-order valence-electron chi connectivity index (χ0n) is 14.8. The number of methoxy groups -OCH3 is 1. The Kier molecular flexibility index (Phi) is 5.16. The van der Waals surface area contributed by atoms with E-state index in [9.17, 15) is 4.79 Å². The van der Waals surface area contributed by atoms with E-state index in [2.05, 4.69) is 11.8 Å². The fourth-order valence-corrected chi connectivity index (χ4v) is 3.45. The van der Waals surface area contributed by atoms with Crippen LogP contribution in [0.15, 0.2) is 36.7 Å². The van der Waals surface area contributed by atoms with Gasteiger partial charge in [0.1, 0.15) is 5.75 Å². The van der Waals surface area contributed by atoms with Crippen LogP contribution in [0.3, 0.4) is 0 Å². The third-order valence-electron chi connectivity index (χ3n) is 4.83. The first-order valence-corrected chi connectivity index (χ1v) is 8.67. The number of hydrogen-bond acceptors (Lipinski definition) is 5. The van der Waals surface area contributed by atoms with E-state index < -0.39 is 0 Å². The maximum absolute atomic E-state index is 12.0. The summed E-state index contributed by atoms with van der Waals surface area (Å²) < 4.78 is 10.4. The lowest BCUT2D eigenvalue weighted by Gasteiger charge is -2.38. The number of rotatable bonds is 4. The highest BCUT2D eigenvalue weighted by molar-refractivity contribution is 5.71. The molecule has 0 unspecified atom stereocenters. The standard InChI is InChI=1S/C19H25N3O3/c1-3-14-12-16(20)18(24-2)13-17(14)21-9-6-15(7-10-21)22-8-4-5-11-25-19(22)23/h4-5,8,11-13,15H,3,6-7,9-10,20H2,1-2H3. The Balaban J connectivity index is 1.73. The Labute approximate surface area is 148 Å². The molecule has 2 aliphatic rings. The lowest BCUT2D eigenvalue weighted by atomic mass is 10.0. The first-order chi connectivity index (χ1) is 12.1. The molecule has 1 aromatic carbocycles. The Morgan fingerprint density at radius 2 is 2.04 bits per heavy atom. The number of ether oxygens (including phenoxy) is 2. The van der Waals surface area contributed by atoms with E-state index in [1.807, 2.05) is 18.2 Å². The molecule has 0 aromatic heterocycles. The molecule has 0 bridgehead atoms. The fraction of sp³-hybridized carbons (Fsp3) is 0.421. The van der Waals surface area contributed by atoms with Crippen LogP contribution in [-0.4, -0.2) is 37.2 Å². The van der Waals surface area contributed by atoms with Gasteiger partial charge < -0.3 is 20.1 Å². The highest BCUT2D eigenvalue weighted by Gasteiger charge is 2.28. The van der Waals surface area contributed by atoms with Crippen molar-refractivity contribution in [3.8, 4) is 5.75 Å². The molecule has 0 atom stereocenters. The first-order valence-electron chi connectivity index (χ1n) is 8.67. The molecule has 0 saturated carbocycles. The van der Waals surface area contributed by atoms with Crippen LogP contribution in [0.1, 0.15) is 25.3 Å². The van der Waals surface area contributed by atoms with Crippen molar-refractivity contribution in [2.24, 2.45) is 0 Å². The number of nitrogen functional groups attached to an aromatic ring is 1. The Morgan fingerprint density at radius 1 is 1.28 bits per heavy atom. The number of anilines is 2. The van der Waals surface area contributed by atoms with Gasteiger partial charge in [-0.25, -0.2) is 4.79 Å². The zero-order chi connectivity index (χ0) is 17.8. The average molecular weight is 343 g/mol. The molecular formula is C19H25N3O3. The van der Waals surface area contributed by atoms with E-state index in [0.29, 0.717) is 11.4 Å². The van der Waals surface area contributed by atoms with E-state index in [0.717, 1.165) is 32.4 Å². The molecule has 134 valence electrons. The van der Waals surface area contributed by atoms with Crippen LogP contribution in [0.5, 0.6) is 5.75 Å². The van der Waals surface area contributed by atoms with Crippen molar-refractivity contribution in [2.75, 3.05) is 30.8 Å². The number of hydrogen-bond donors (Lipinski definition) is 1. The largest absolute Gasteiger partial charge is 0.495 e.